The number of nitrogens with one attached hydrogen (secondary N) is 1. The fourth-order valence-electron chi connectivity index (χ4n) is 2.16. The molecule has 0 aliphatic carbocycles. The second-order valence-electron chi connectivity index (χ2n) is 4.50. The van der Waals surface area contributed by atoms with Crippen LogP contribution < -0.4 is 5.32 Å². The van der Waals surface area contributed by atoms with Gasteiger partial charge in [-0.25, -0.2) is 0 Å². The van der Waals surface area contributed by atoms with Gasteiger partial charge in [0.05, 0.1) is 10.5 Å². The lowest BCUT2D eigenvalue weighted by Gasteiger charge is -2.21. The monoisotopic (exact) mass is 295 g/mol. The average molecular weight is 295 g/mol. The summed E-state index contributed by atoms with van der Waals surface area (Å²) < 4.78 is 0. The maximum Gasteiger partial charge on any atom is 0.270 e. The number of nitro benzene ring substituents is 1. The highest BCUT2D eigenvalue weighted by Gasteiger charge is 2.22. The van der Waals surface area contributed by atoms with Crippen LogP contribution in [0.25, 0.3) is 0 Å². The van der Waals surface area contributed by atoms with Crippen molar-refractivity contribution in [2.45, 2.75) is 6.42 Å². The molecule has 1 amide bonds. The number of rotatable bonds is 3. The number of nitro groups is 1. The van der Waals surface area contributed by atoms with E-state index >= 15 is 0 Å². The zero-order chi connectivity index (χ0) is 14.5. The van der Waals surface area contributed by atoms with Crippen molar-refractivity contribution in [3.8, 4) is 0 Å². The number of carbonyl (C=O) groups excluding carboxylic acids is 1. The maximum atomic E-state index is 12.6. The minimum atomic E-state index is -0.478. The normalized spacial score (nSPS) is 15.6. The molecule has 1 aliphatic heterocycles. The second-order valence-corrected chi connectivity index (χ2v) is 5.72. The lowest BCUT2D eigenvalue weighted by molar-refractivity contribution is -0.384. The third-order valence-electron chi connectivity index (χ3n) is 3.22. The molecule has 1 fully saturated rings. The zero-order valence-electron chi connectivity index (χ0n) is 11.3. The largest absolute Gasteiger partial charge is 0.387 e. The van der Waals surface area contributed by atoms with Crippen molar-refractivity contribution < 1.29 is 9.72 Å². The van der Waals surface area contributed by atoms with Crippen molar-refractivity contribution in [1.29, 1.82) is 0 Å². The van der Waals surface area contributed by atoms with Gasteiger partial charge in [-0.15, -0.1) is 0 Å². The molecule has 20 heavy (non-hydrogen) atoms. The Bertz CT molecular complexity index is 514. The van der Waals surface area contributed by atoms with Crippen LogP contribution in [-0.4, -0.2) is 47.4 Å². The molecule has 1 aromatic carbocycles. The predicted molar refractivity (Wildman–Crippen MR) is 80.5 cm³/mol. The Balaban J connectivity index is 2.31. The molecule has 108 valence electrons. The van der Waals surface area contributed by atoms with Crippen molar-refractivity contribution in [2.24, 2.45) is 0 Å². The number of amides is 1. The Kier molecular flexibility index (Phi) is 4.84. The molecular formula is C13H17N3O3S. The first-order valence-electron chi connectivity index (χ1n) is 6.46. The predicted octanol–water partition coefficient (Wildman–Crippen LogP) is 2.22. The van der Waals surface area contributed by atoms with E-state index in [-0.39, 0.29) is 11.6 Å². The van der Waals surface area contributed by atoms with E-state index < -0.39 is 4.92 Å². The minimum Gasteiger partial charge on any atom is -0.387 e. The third kappa shape index (κ3) is 3.22. The van der Waals surface area contributed by atoms with E-state index in [1.54, 1.807) is 18.0 Å². The quantitative estimate of drug-likeness (QED) is 0.683. The Morgan fingerprint density at radius 2 is 2.20 bits per heavy atom. The molecule has 6 nitrogen and oxygen atoms in total. The van der Waals surface area contributed by atoms with Crippen molar-refractivity contribution >= 4 is 29.0 Å². The number of carbonyl (C=O) groups is 1. The van der Waals surface area contributed by atoms with E-state index in [2.05, 4.69) is 5.32 Å². The first-order valence-corrected chi connectivity index (χ1v) is 7.62. The Morgan fingerprint density at radius 3 is 2.90 bits per heavy atom. The number of nitrogens with zero attached hydrogens (tertiary/aromatic N) is 2. The highest BCUT2D eigenvalue weighted by Crippen LogP contribution is 2.24. The van der Waals surface area contributed by atoms with E-state index in [9.17, 15) is 14.9 Å². The van der Waals surface area contributed by atoms with Crippen LogP contribution >= 0.6 is 11.8 Å². The van der Waals surface area contributed by atoms with Crippen molar-refractivity contribution in [3.05, 3.63) is 33.9 Å². The number of benzene rings is 1. The molecular weight excluding hydrogens is 278 g/mol. The van der Waals surface area contributed by atoms with Gasteiger partial charge in [-0.05, 0) is 18.2 Å². The molecule has 7 heteroatoms. The van der Waals surface area contributed by atoms with Gasteiger partial charge >= 0.3 is 0 Å². The molecule has 0 saturated carbocycles. The van der Waals surface area contributed by atoms with Gasteiger partial charge in [0.1, 0.15) is 0 Å². The van der Waals surface area contributed by atoms with E-state index in [0.717, 1.165) is 17.9 Å². The molecule has 0 spiro atoms. The van der Waals surface area contributed by atoms with Gasteiger partial charge in [0.2, 0.25) is 0 Å². The number of non-ortho nitro benzene ring substituents is 1. The summed E-state index contributed by atoms with van der Waals surface area (Å²) in [6.45, 7) is 1.40. The topological polar surface area (TPSA) is 75.5 Å². The molecule has 1 heterocycles. The molecule has 1 aliphatic rings. The summed E-state index contributed by atoms with van der Waals surface area (Å²) in [5.74, 6) is 1.83. The van der Waals surface area contributed by atoms with Gasteiger partial charge in [0.15, 0.2) is 0 Å². The van der Waals surface area contributed by atoms with Crippen LogP contribution in [0, 0.1) is 10.1 Å². The van der Waals surface area contributed by atoms with Gasteiger partial charge in [0.25, 0.3) is 11.6 Å². The Labute approximate surface area is 121 Å². The van der Waals surface area contributed by atoms with Crippen LogP contribution in [0.3, 0.4) is 0 Å². The van der Waals surface area contributed by atoms with Crippen molar-refractivity contribution in [1.82, 2.24) is 4.90 Å². The summed E-state index contributed by atoms with van der Waals surface area (Å²) in [5, 5.41) is 13.8. The molecule has 0 radical (unpaired) electrons. The van der Waals surface area contributed by atoms with Gasteiger partial charge in [-0.1, -0.05) is 0 Å². The number of hydrogen-bond donors (Lipinski definition) is 1. The smallest absolute Gasteiger partial charge is 0.270 e. The van der Waals surface area contributed by atoms with E-state index in [1.807, 2.05) is 11.8 Å². The maximum absolute atomic E-state index is 12.6. The lowest BCUT2D eigenvalue weighted by atomic mass is 10.1. The first-order chi connectivity index (χ1) is 9.63. The molecule has 1 N–H and O–H groups in total. The third-order valence-corrected chi connectivity index (χ3v) is 4.27. The van der Waals surface area contributed by atoms with Crippen LogP contribution in [0.2, 0.25) is 0 Å². The highest BCUT2D eigenvalue weighted by atomic mass is 32.2. The van der Waals surface area contributed by atoms with Crippen LogP contribution in [0.5, 0.6) is 0 Å². The highest BCUT2D eigenvalue weighted by molar-refractivity contribution is 7.99. The molecule has 1 saturated heterocycles. The standard InChI is InChI=1S/C13H17N3O3S/c1-14-12-4-3-10(16(18)19)9-11(12)13(17)15-5-2-7-20-8-6-15/h3-4,9,14H,2,5-8H2,1H3. The minimum absolute atomic E-state index is 0.0588. The summed E-state index contributed by atoms with van der Waals surface area (Å²) >= 11 is 1.83. The molecule has 0 unspecified atom stereocenters. The van der Waals surface area contributed by atoms with E-state index in [1.165, 1.54) is 12.1 Å². The number of anilines is 1. The Hall–Kier alpha value is -1.76. The van der Waals surface area contributed by atoms with Crippen LogP contribution in [0.15, 0.2) is 18.2 Å². The summed E-state index contributed by atoms with van der Waals surface area (Å²) in [4.78, 5) is 24.7. The summed E-state index contributed by atoms with van der Waals surface area (Å²) in [6.07, 6.45) is 0.959. The average Bonchev–Trinajstić information content (AvgIpc) is 2.74. The summed E-state index contributed by atoms with van der Waals surface area (Å²) in [5.41, 5.74) is 0.933. The number of thioether (sulfide) groups is 1. The van der Waals surface area contributed by atoms with Gasteiger partial charge in [0, 0.05) is 43.7 Å². The fraction of sp³-hybridized carbons (Fsp3) is 0.462. The van der Waals surface area contributed by atoms with Gasteiger partial charge in [-0.2, -0.15) is 11.8 Å². The lowest BCUT2D eigenvalue weighted by Crippen LogP contribution is -2.33. The van der Waals surface area contributed by atoms with E-state index in [0.29, 0.717) is 24.3 Å². The van der Waals surface area contributed by atoms with Gasteiger partial charge in [-0.3, -0.25) is 14.9 Å². The summed E-state index contributed by atoms with van der Waals surface area (Å²) in [7, 11) is 1.70. The van der Waals surface area contributed by atoms with Crippen molar-refractivity contribution in [2.75, 3.05) is 37.0 Å². The van der Waals surface area contributed by atoms with E-state index in [4.69, 9.17) is 0 Å². The Morgan fingerprint density at radius 1 is 1.40 bits per heavy atom. The fourth-order valence-corrected chi connectivity index (χ4v) is 3.05. The van der Waals surface area contributed by atoms with Gasteiger partial charge < -0.3 is 10.2 Å². The number of hydrogen-bond acceptors (Lipinski definition) is 5. The molecule has 1 aromatic rings. The van der Waals surface area contributed by atoms with Crippen molar-refractivity contribution in [3.63, 3.8) is 0 Å². The molecule has 0 aromatic heterocycles. The second kappa shape index (κ2) is 6.60. The summed E-state index contributed by atoms with van der Waals surface area (Å²) in [6, 6.07) is 4.34. The molecule has 0 atom stereocenters. The van der Waals surface area contributed by atoms with Crippen LogP contribution in [0.4, 0.5) is 11.4 Å². The first kappa shape index (κ1) is 14.6. The zero-order valence-corrected chi connectivity index (χ0v) is 12.1. The molecule has 2 rings (SSSR count). The molecule has 0 bridgehead atoms. The van der Waals surface area contributed by atoms with Crippen LogP contribution in [0.1, 0.15) is 16.8 Å². The SMILES string of the molecule is CNc1ccc([N+](=O)[O-])cc1C(=O)N1CCCSCC1. The van der Waals surface area contributed by atoms with Crippen LogP contribution in [-0.2, 0) is 0 Å².